The molecule has 5 aromatic carbocycles. The molecule has 2 unspecified atom stereocenters. The highest BCUT2D eigenvalue weighted by molar-refractivity contribution is 6.11. The van der Waals surface area contributed by atoms with E-state index in [0.717, 1.165) is 13.1 Å². The quantitative estimate of drug-likeness (QED) is 0.114. The zero-order valence-corrected chi connectivity index (χ0v) is 30.3. The molecule has 0 amide bonds. The van der Waals surface area contributed by atoms with Crippen LogP contribution in [0.4, 0.5) is 17.1 Å². The molecule has 0 spiro atoms. The first-order chi connectivity index (χ1) is 24.0. The summed E-state index contributed by atoms with van der Waals surface area (Å²) in [4.78, 5) is 2.46. The number of benzene rings is 5. The molecule has 0 saturated carbocycles. The van der Waals surface area contributed by atoms with E-state index < -0.39 is 0 Å². The van der Waals surface area contributed by atoms with Gasteiger partial charge in [0.2, 0.25) is 0 Å². The lowest BCUT2D eigenvalue weighted by Crippen LogP contribution is -2.11. The number of nitrogens with zero attached hydrogens (tertiary/aromatic N) is 3. The van der Waals surface area contributed by atoms with Crippen molar-refractivity contribution < 1.29 is 0 Å². The number of fused-ring (bicyclic) bond motifs is 6. The van der Waals surface area contributed by atoms with E-state index in [4.69, 9.17) is 0 Å². The van der Waals surface area contributed by atoms with Gasteiger partial charge in [-0.15, -0.1) is 0 Å². The molecule has 0 aliphatic rings. The molecular formula is C46H53N3. The van der Waals surface area contributed by atoms with Gasteiger partial charge >= 0.3 is 0 Å². The van der Waals surface area contributed by atoms with Crippen LogP contribution in [0.3, 0.4) is 0 Å². The summed E-state index contributed by atoms with van der Waals surface area (Å²) in [6.07, 6.45) is 8.75. The van der Waals surface area contributed by atoms with Crippen LogP contribution in [0.5, 0.6) is 0 Å². The lowest BCUT2D eigenvalue weighted by molar-refractivity contribution is 0.401. The van der Waals surface area contributed by atoms with Crippen molar-refractivity contribution in [3.05, 3.63) is 115 Å². The van der Waals surface area contributed by atoms with E-state index in [9.17, 15) is 0 Å². The maximum atomic E-state index is 2.60. The average molecular weight is 648 g/mol. The standard InChI is InChI=1S/C46H53N3/c1-6-10-18-35(9-4)32-48-44-23-14-12-21-40(44)42-30-38(25-27-46(42)48)49(36-19-15-17-33(5)28-36)37-24-26-45-41(29-37)39-20-11-13-22-43(39)47(45)31-34(8-3)16-7-2/h11-15,17,19-30,34-35H,6-10,16,18,31-32H2,1-5H3. The summed E-state index contributed by atoms with van der Waals surface area (Å²) in [7, 11) is 0. The van der Waals surface area contributed by atoms with Crippen LogP contribution in [0.25, 0.3) is 43.6 Å². The Morgan fingerprint density at radius 3 is 1.51 bits per heavy atom. The molecular weight excluding hydrogens is 595 g/mol. The summed E-state index contributed by atoms with van der Waals surface area (Å²) in [5, 5.41) is 5.33. The molecule has 0 bridgehead atoms. The van der Waals surface area contributed by atoms with Gasteiger partial charge in [0.1, 0.15) is 0 Å². The molecule has 2 heterocycles. The fourth-order valence-corrected chi connectivity index (χ4v) is 8.24. The zero-order valence-electron chi connectivity index (χ0n) is 30.3. The minimum absolute atomic E-state index is 0.681. The first-order valence-electron chi connectivity index (χ1n) is 18.9. The molecule has 7 aromatic rings. The molecule has 0 radical (unpaired) electrons. The predicted molar refractivity (Wildman–Crippen MR) is 214 cm³/mol. The lowest BCUT2D eigenvalue weighted by atomic mass is 9.99. The Morgan fingerprint density at radius 2 is 1.00 bits per heavy atom. The van der Waals surface area contributed by atoms with Gasteiger partial charge in [0, 0.05) is 73.8 Å². The third-order valence-electron chi connectivity index (χ3n) is 11.0. The first kappa shape index (κ1) is 33.0. The van der Waals surface area contributed by atoms with Gasteiger partial charge in [0.25, 0.3) is 0 Å². The molecule has 0 N–H and O–H groups in total. The Labute approximate surface area is 293 Å². The van der Waals surface area contributed by atoms with E-state index in [-0.39, 0.29) is 0 Å². The molecule has 2 aromatic heterocycles. The molecule has 252 valence electrons. The molecule has 0 aliphatic heterocycles. The fourth-order valence-electron chi connectivity index (χ4n) is 8.24. The molecule has 3 nitrogen and oxygen atoms in total. The van der Waals surface area contributed by atoms with Gasteiger partial charge in [-0.3, -0.25) is 0 Å². The highest BCUT2D eigenvalue weighted by Crippen LogP contribution is 2.42. The highest BCUT2D eigenvalue weighted by Gasteiger charge is 2.20. The number of unbranched alkanes of at least 4 members (excludes halogenated alkanes) is 1. The summed E-state index contributed by atoms with van der Waals surface area (Å²) < 4.78 is 5.18. The van der Waals surface area contributed by atoms with Gasteiger partial charge in [0.15, 0.2) is 0 Å². The van der Waals surface area contributed by atoms with Crippen molar-refractivity contribution >= 4 is 60.7 Å². The number of hydrogen-bond acceptors (Lipinski definition) is 1. The van der Waals surface area contributed by atoms with Gasteiger partial charge in [0.05, 0.1) is 0 Å². The predicted octanol–water partition coefficient (Wildman–Crippen LogP) is 13.7. The second kappa shape index (κ2) is 14.5. The number of hydrogen-bond donors (Lipinski definition) is 0. The van der Waals surface area contributed by atoms with Crippen molar-refractivity contribution in [2.45, 2.75) is 92.7 Å². The number of aromatic nitrogens is 2. The number of para-hydroxylation sites is 2. The van der Waals surface area contributed by atoms with E-state index in [1.807, 2.05) is 0 Å². The second-order valence-electron chi connectivity index (χ2n) is 14.3. The Morgan fingerprint density at radius 1 is 0.490 bits per heavy atom. The van der Waals surface area contributed by atoms with Crippen LogP contribution in [0, 0.1) is 18.8 Å². The minimum Gasteiger partial charge on any atom is -0.340 e. The number of rotatable bonds is 14. The molecule has 3 heteroatoms. The van der Waals surface area contributed by atoms with E-state index in [2.05, 4.69) is 158 Å². The number of aryl methyl sites for hydroxylation is 1. The Kier molecular flexibility index (Phi) is 9.80. The normalized spacial score (nSPS) is 13.2. The average Bonchev–Trinajstić information content (AvgIpc) is 3.61. The topological polar surface area (TPSA) is 13.1 Å². The van der Waals surface area contributed by atoms with Gasteiger partial charge in [-0.25, -0.2) is 0 Å². The van der Waals surface area contributed by atoms with Crippen LogP contribution in [0.15, 0.2) is 109 Å². The largest absolute Gasteiger partial charge is 0.340 e. The molecule has 7 rings (SSSR count). The molecule has 0 aliphatic carbocycles. The van der Waals surface area contributed by atoms with E-state index in [1.54, 1.807) is 0 Å². The van der Waals surface area contributed by atoms with Crippen molar-refractivity contribution in [1.29, 1.82) is 0 Å². The van der Waals surface area contributed by atoms with E-state index >= 15 is 0 Å². The Bertz CT molecular complexity index is 2200. The molecule has 0 fully saturated rings. The van der Waals surface area contributed by atoms with E-state index in [1.165, 1.54) is 111 Å². The first-order valence-corrected chi connectivity index (χ1v) is 18.9. The third-order valence-corrected chi connectivity index (χ3v) is 11.0. The maximum Gasteiger partial charge on any atom is 0.0492 e. The van der Waals surface area contributed by atoms with Crippen LogP contribution in [-0.2, 0) is 13.1 Å². The number of anilines is 3. The van der Waals surface area contributed by atoms with Crippen molar-refractivity contribution in [2.24, 2.45) is 11.8 Å². The zero-order chi connectivity index (χ0) is 33.9. The van der Waals surface area contributed by atoms with Crippen molar-refractivity contribution in [1.82, 2.24) is 9.13 Å². The maximum absolute atomic E-state index is 2.60. The Balaban J connectivity index is 1.39. The fraction of sp³-hybridized carbons (Fsp3) is 0.348. The van der Waals surface area contributed by atoms with Crippen LogP contribution in [0.2, 0.25) is 0 Å². The smallest absolute Gasteiger partial charge is 0.0492 e. The van der Waals surface area contributed by atoms with Crippen LogP contribution >= 0.6 is 0 Å². The summed E-state index contributed by atoms with van der Waals surface area (Å²) in [6, 6.07) is 41.3. The lowest BCUT2D eigenvalue weighted by Gasteiger charge is -2.26. The Hall–Kier alpha value is -4.50. The van der Waals surface area contributed by atoms with Crippen molar-refractivity contribution in [3.63, 3.8) is 0 Å². The second-order valence-corrected chi connectivity index (χ2v) is 14.3. The summed E-state index contributed by atoms with van der Waals surface area (Å²) >= 11 is 0. The van der Waals surface area contributed by atoms with Crippen LogP contribution in [0.1, 0.15) is 78.2 Å². The van der Waals surface area contributed by atoms with Crippen molar-refractivity contribution in [2.75, 3.05) is 4.90 Å². The molecule has 49 heavy (non-hydrogen) atoms. The van der Waals surface area contributed by atoms with Crippen LogP contribution < -0.4 is 4.90 Å². The highest BCUT2D eigenvalue weighted by atomic mass is 15.1. The van der Waals surface area contributed by atoms with Gasteiger partial charge in [-0.05, 0) is 97.8 Å². The van der Waals surface area contributed by atoms with Gasteiger partial charge in [-0.1, -0.05) is 108 Å². The summed E-state index contributed by atoms with van der Waals surface area (Å²) in [5.41, 5.74) is 10.2. The van der Waals surface area contributed by atoms with Gasteiger partial charge in [-0.2, -0.15) is 0 Å². The summed E-state index contributed by atoms with van der Waals surface area (Å²) in [6.45, 7) is 13.6. The SMILES string of the molecule is CCCCC(CC)Cn1c2ccccc2c2cc(N(c3cccc(C)c3)c3ccc4c(c3)c3ccccc3n4CC(CC)CCC)ccc21. The molecule has 2 atom stereocenters. The summed E-state index contributed by atoms with van der Waals surface area (Å²) in [5.74, 6) is 1.37. The monoisotopic (exact) mass is 647 g/mol. The minimum atomic E-state index is 0.681. The van der Waals surface area contributed by atoms with Gasteiger partial charge < -0.3 is 14.0 Å². The van der Waals surface area contributed by atoms with Crippen molar-refractivity contribution in [3.8, 4) is 0 Å². The van der Waals surface area contributed by atoms with E-state index in [0.29, 0.717) is 11.8 Å². The van der Waals surface area contributed by atoms with Crippen LogP contribution in [-0.4, -0.2) is 9.13 Å². The third kappa shape index (κ3) is 6.36. The molecule has 0 saturated heterocycles.